The normalized spacial score (nSPS) is 11.2. The minimum Gasteiger partial charge on any atom is -0.309 e. The number of thiophene rings is 6. The van der Waals surface area contributed by atoms with Gasteiger partial charge in [0.1, 0.15) is 0 Å². The number of hydrogen-bond acceptors (Lipinski definition) is 10. The van der Waals surface area contributed by atoms with Gasteiger partial charge in [-0.2, -0.15) is 0 Å². The van der Waals surface area contributed by atoms with E-state index in [1.165, 1.54) is 33.4 Å². The summed E-state index contributed by atoms with van der Waals surface area (Å²) >= 11 is 10.5. The van der Waals surface area contributed by atoms with E-state index in [1.807, 2.05) is 0 Å². The molecule has 0 aliphatic heterocycles. The fourth-order valence-corrected chi connectivity index (χ4v) is 16.9. The third kappa shape index (κ3) is 10.5. The van der Waals surface area contributed by atoms with Gasteiger partial charge in [-0.3, -0.25) is 0 Å². The van der Waals surface area contributed by atoms with Crippen LogP contribution in [0.4, 0.5) is 68.2 Å². The van der Waals surface area contributed by atoms with Crippen LogP contribution >= 0.6 is 68.0 Å². The van der Waals surface area contributed by atoms with Gasteiger partial charge in [0, 0.05) is 132 Å². The van der Waals surface area contributed by atoms with E-state index in [2.05, 4.69) is 339 Å². The lowest BCUT2D eigenvalue weighted by atomic mass is 9.93. The average Bonchev–Trinajstić information content (AvgIpc) is 2.01. The Bertz CT molecular complexity index is 4170. The largest absolute Gasteiger partial charge is 0.309 e. The van der Waals surface area contributed by atoms with Gasteiger partial charge < -0.3 is 19.6 Å². The Morgan fingerprint density at radius 3 is 0.455 bits per heavy atom. The zero-order chi connectivity index (χ0) is 58.6. The fraction of sp³-hybridized carbons (Fsp3) is 0. The molecule has 0 radical (unpaired) electrons. The summed E-state index contributed by atoms with van der Waals surface area (Å²) < 4.78 is 0. The number of hydrogen-bond donors (Lipinski definition) is 0. The lowest BCUT2D eigenvalue weighted by molar-refractivity contribution is 1.29. The second-order valence-electron chi connectivity index (χ2n) is 21.0. The number of anilines is 12. The Morgan fingerprint density at radius 2 is 0.284 bits per heavy atom. The minimum absolute atomic E-state index is 1.11. The maximum absolute atomic E-state index is 2.58. The summed E-state index contributed by atoms with van der Waals surface area (Å²) in [4.78, 5) is 9.75. The van der Waals surface area contributed by atoms with Crippen LogP contribution in [0.1, 0.15) is 0 Å². The summed E-state index contributed by atoms with van der Waals surface area (Å²) in [7, 11) is 0. The van der Waals surface area contributed by atoms with E-state index in [4.69, 9.17) is 0 Å². The average molecular weight is 1240 g/mol. The smallest absolute Gasteiger partial charge is 0.0648 e. The summed E-state index contributed by atoms with van der Waals surface area (Å²) in [6.45, 7) is 0. The van der Waals surface area contributed by atoms with Crippen LogP contribution in [-0.4, -0.2) is 0 Å². The molecule has 6 heterocycles. The molecular weight excluding hydrogens is 1190 g/mol. The Balaban J connectivity index is 0.920. The molecule has 9 aromatic carbocycles. The lowest BCUT2D eigenvalue weighted by Crippen LogP contribution is -2.12. The molecule has 15 rings (SSSR count). The first-order chi connectivity index (χ1) is 43.7. The molecule has 0 saturated carbocycles. The summed E-state index contributed by atoms with van der Waals surface area (Å²) in [5.41, 5.74) is 27.3. The van der Waals surface area contributed by atoms with E-state index in [-0.39, 0.29) is 0 Å². The van der Waals surface area contributed by atoms with Gasteiger partial charge in [0.2, 0.25) is 0 Å². The summed E-state index contributed by atoms with van der Waals surface area (Å²) in [5.74, 6) is 0. The number of benzene rings is 9. The molecule has 422 valence electrons. The predicted molar refractivity (Wildman–Crippen MR) is 385 cm³/mol. The second kappa shape index (κ2) is 25.0. The summed E-state index contributed by atoms with van der Waals surface area (Å²) in [5, 5.41) is 28.0. The molecule has 0 spiro atoms. The van der Waals surface area contributed by atoms with Crippen LogP contribution in [0, 0.1) is 0 Å². The van der Waals surface area contributed by atoms with Crippen LogP contribution in [0.3, 0.4) is 0 Å². The van der Waals surface area contributed by atoms with Crippen LogP contribution in [0.15, 0.2) is 319 Å². The highest BCUT2D eigenvalue weighted by atomic mass is 32.1. The molecule has 0 aliphatic carbocycles. The molecule has 0 amide bonds. The minimum atomic E-state index is 1.11. The van der Waals surface area contributed by atoms with Gasteiger partial charge in [0.15, 0.2) is 0 Å². The first kappa shape index (κ1) is 55.0. The molecule has 15 aromatic rings. The number of nitrogens with zero attached hydrogens (tertiary/aromatic N) is 4. The highest BCUT2D eigenvalue weighted by Crippen LogP contribution is 2.56. The summed E-state index contributed by atoms with van der Waals surface area (Å²) in [6, 6.07) is 91.4. The molecule has 0 unspecified atom stereocenters. The SMILES string of the molecule is c1ccc(N(c2ccccc2)c2cscc2-c2ccccc2-c2cscc2N(c2cscc2-c2ccccc2-c2cscc2N(c2ccccc2)c2ccccc2)c2cscc2-c2ccccc2-c2cscc2N(c2ccccc2)c2ccccc2)cc1. The molecule has 0 bridgehead atoms. The second-order valence-corrected chi connectivity index (χ2v) is 25.5. The monoisotopic (exact) mass is 1240 g/mol. The molecule has 0 fully saturated rings. The van der Waals surface area contributed by atoms with Crippen LogP contribution in [0.25, 0.3) is 66.8 Å². The maximum Gasteiger partial charge on any atom is 0.0648 e. The maximum atomic E-state index is 2.58. The molecule has 0 aliphatic rings. The third-order valence-electron chi connectivity index (χ3n) is 15.9. The molecule has 10 heteroatoms. The van der Waals surface area contributed by atoms with Crippen molar-refractivity contribution in [2.24, 2.45) is 0 Å². The topological polar surface area (TPSA) is 13.0 Å². The van der Waals surface area contributed by atoms with Crippen molar-refractivity contribution in [3.05, 3.63) is 319 Å². The third-order valence-corrected chi connectivity index (χ3v) is 20.3. The molecule has 88 heavy (non-hydrogen) atoms. The Morgan fingerprint density at radius 1 is 0.136 bits per heavy atom. The van der Waals surface area contributed by atoms with E-state index in [0.29, 0.717) is 0 Å². The predicted octanol–water partition coefficient (Wildman–Crippen LogP) is 25.9. The van der Waals surface area contributed by atoms with Gasteiger partial charge in [-0.05, 0) is 106 Å². The number of rotatable bonds is 18. The lowest BCUT2D eigenvalue weighted by Gasteiger charge is -2.29. The Labute approximate surface area is 537 Å². The van der Waals surface area contributed by atoms with Crippen LogP contribution < -0.4 is 19.6 Å². The van der Waals surface area contributed by atoms with Crippen molar-refractivity contribution >= 4 is 136 Å². The van der Waals surface area contributed by atoms with Gasteiger partial charge >= 0.3 is 0 Å². The van der Waals surface area contributed by atoms with Crippen molar-refractivity contribution in [2.75, 3.05) is 19.6 Å². The van der Waals surface area contributed by atoms with E-state index in [9.17, 15) is 0 Å². The van der Waals surface area contributed by atoms with Crippen molar-refractivity contribution in [1.82, 2.24) is 0 Å². The van der Waals surface area contributed by atoms with Gasteiger partial charge in [-0.25, -0.2) is 0 Å². The molecule has 6 aromatic heterocycles. The van der Waals surface area contributed by atoms with Crippen molar-refractivity contribution in [3.8, 4) is 66.8 Å². The Hall–Kier alpha value is -9.62. The van der Waals surface area contributed by atoms with E-state index < -0.39 is 0 Å². The standard InChI is InChI=1S/C78H54N4S6/c1-7-25-55(26-8-1)79(56-27-9-2-10-28-56)73-49-83-43-67(73)61-37-19-22-40-64(61)70-46-86-52-76(70)82(77-53-87-47-71(77)65-41-23-20-38-62(65)68-44-84-50-74(68)80(57-29-11-3-12-30-57)58-31-13-4-14-32-58)78-54-88-48-72(78)66-42-24-21-39-63(66)69-45-85-51-75(69)81(59-33-15-5-16-34-59)60-35-17-6-18-36-60/h1-54H. The van der Waals surface area contributed by atoms with E-state index in [0.717, 1.165) is 102 Å². The zero-order valence-electron chi connectivity index (χ0n) is 47.4. The van der Waals surface area contributed by atoms with Gasteiger partial charge in [-0.15, -0.1) is 68.0 Å². The Kier molecular flexibility index (Phi) is 15.6. The van der Waals surface area contributed by atoms with Gasteiger partial charge in [-0.1, -0.05) is 182 Å². The quantitative estimate of drug-likeness (QED) is 0.0849. The van der Waals surface area contributed by atoms with Crippen LogP contribution in [-0.2, 0) is 0 Å². The first-order valence-electron chi connectivity index (χ1n) is 28.9. The molecule has 4 nitrogen and oxygen atoms in total. The van der Waals surface area contributed by atoms with Gasteiger partial charge in [0.05, 0.1) is 34.1 Å². The zero-order valence-corrected chi connectivity index (χ0v) is 52.3. The van der Waals surface area contributed by atoms with Crippen LogP contribution in [0.2, 0.25) is 0 Å². The van der Waals surface area contributed by atoms with Crippen molar-refractivity contribution in [2.45, 2.75) is 0 Å². The van der Waals surface area contributed by atoms with E-state index >= 15 is 0 Å². The van der Waals surface area contributed by atoms with Gasteiger partial charge in [0.25, 0.3) is 0 Å². The van der Waals surface area contributed by atoms with Crippen molar-refractivity contribution in [3.63, 3.8) is 0 Å². The summed E-state index contributed by atoms with van der Waals surface area (Å²) in [6.07, 6.45) is 0. The molecule has 0 N–H and O–H groups in total. The van der Waals surface area contributed by atoms with Crippen LogP contribution in [0.5, 0.6) is 0 Å². The molecule has 0 atom stereocenters. The molecular formula is C78H54N4S6. The number of para-hydroxylation sites is 6. The van der Waals surface area contributed by atoms with E-state index in [1.54, 1.807) is 68.0 Å². The molecule has 0 saturated heterocycles. The highest BCUT2D eigenvalue weighted by Gasteiger charge is 2.30. The van der Waals surface area contributed by atoms with Crippen molar-refractivity contribution < 1.29 is 0 Å². The highest BCUT2D eigenvalue weighted by molar-refractivity contribution is 7.10. The van der Waals surface area contributed by atoms with Crippen molar-refractivity contribution in [1.29, 1.82) is 0 Å². The fourth-order valence-electron chi connectivity index (χ4n) is 12.0. The first-order valence-corrected chi connectivity index (χ1v) is 34.6.